The average Bonchev–Trinajstić information content (AvgIpc) is 3.40. The first-order valence-corrected chi connectivity index (χ1v) is 8.15. The second-order valence-electron chi connectivity index (χ2n) is 6.17. The normalized spacial score (nSPS) is 14.7. The maximum atomic E-state index is 13.7. The van der Waals surface area contributed by atoms with E-state index in [1.807, 2.05) is 0 Å². The molecule has 1 aliphatic carbocycles. The zero-order valence-corrected chi connectivity index (χ0v) is 14.4. The van der Waals surface area contributed by atoms with Gasteiger partial charge in [-0.2, -0.15) is 0 Å². The van der Waals surface area contributed by atoms with Gasteiger partial charge in [0.15, 0.2) is 17.5 Å². The maximum absolute atomic E-state index is 13.7. The van der Waals surface area contributed by atoms with Gasteiger partial charge in [-0.3, -0.25) is 9.59 Å². The van der Waals surface area contributed by atoms with E-state index in [1.165, 1.54) is 0 Å². The third-order valence-corrected chi connectivity index (χ3v) is 4.59. The Bertz CT molecular complexity index is 914. The smallest absolute Gasteiger partial charge is 0.240 e. The highest BCUT2D eigenvalue weighted by atomic mass is 35.5. The number of hydrogen-bond donors (Lipinski definition) is 2. The van der Waals surface area contributed by atoms with E-state index >= 15 is 0 Å². The van der Waals surface area contributed by atoms with E-state index < -0.39 is 40.4 Å². The number of halogens is 4. The zero-order valence-electron chi connectivity index (χ0n) is 13.6. The van der Waals surface area contributed by atoms with Crippen molar-refractivity contribution < 1.29 is 22.8 Å². The first kappa shape index (κ1) is 18.3. The molecule has 0 bridgehead atoms. The number of anilines is 2. The highest BCUT2D eigenvalue weighted by Gasteiger charge is 2.56. The van der Waals surface area contributed by atoms with Crippen molar-refractivity contribution in [1.82, 2.24) is 0 Å². The minimum Gasteiger partial charge on any atom is -0.325 e. The molecule has 0 aliphatic heterocycles. The first-order chi connectivity index (χ1) is 12.2. The lowest BCUT2D eigenvalue weighted by atomic mass is 10.0. The molecule has 1 saturated carbocycles. The summed E-state index contributed by atoms with van der Waals surface area (Å²) in [6.45, 7) is 1.77. The summed E-state index contributed by atoms with van der Waals surface area (Å²) >= 11 is 5.91. The summed E-state index contributed by atoms with van der Waals surface area (Å²) in [6.07, 6.45) is 0.519. The number of carbonyl (C=O) groups excluding carboxylic acids is 2. The van der Waals surface area contributed by atoms with E-state index in [0.29, 0.717) is 16.8 Å². The van der Waals surface area contributed by atoms with Crippen LogP contribution in [0, 0.1) is 29.8 Å². The second-order valence-corrected chi connectivity index (χ2v) is 6.61. The van der Waals surface area contributed by atoms with Crippen LogP contribution in [0.3, 0.4) is 0 Å². The van der Waals surface area contributed by atoms with E-state index in [4.69, 9.17) is 11.6 Å². The van der Waals surface area contributed by atoms with Crippen molar-refractivity contribution in [1.29, 1.82) is 0 Å². The number of aryl methyl sites for hydroxylation is 1. The Morgan fingerprint density at radius 3 is 2.19 bits per heavy atom. The molecule has 0 unspecified atom stereocenters. The minimum absolute atomic E-state index is 0.259. The predicted molar refractivity (Wildman–Crippen MR) is 91.4 cm³/mol. The quantitative estimate of drug-likeness (QED) is 0.607. The van der Waals surface area contributed by atoms with Gasteiger partial charge >= 0.3 is 0 Å². The fourth-order valence-electron chi connectivity index (χ4n) is 2.52. The van der Waals surface area contributed by atoms with Crippen LogP contribution in [0.2, 0.25) is 5.02 Å². The molecule has 0 atom stereocenters. The van der Waals surface area contributed by atoms with Gasteiger partial charge in [0.2, 0.25) is 11.8 Å². The molecule has 8 heteroatoms. The molecule has 2 aromatic rings. The summed E-state index contributed by atoms with van der Waals surface area (Å²) in [5, 5.41) is 5.23. The summed E-state index contributed by atoms with van der Waals surface area (Å²) in [7, 11) is 0. The van der Waals surface area contributed by atoms with Crippen molar-refractivity contribution in [3.05, 3.63) is 58.4 Å². The van der Waals surface area contributed by atoms with Crippen molar-refractivity contribution in [3.8, 4) is 0 Å². The molecule has 2 amide bonds. The molecule has 0 aromatic heterocycles. The standard InChI is InChI=1S/C18H14ClF3N2O2/c1-9-2-3-10(19)8-13(9)24-17(26)18(6-7-18)16(25)23-12-5-4-11(20)14(21)15(12)22/h2-5,8H,6-7H2,1H3,(H,23,25)(H,24,26). The van der Waals surface area contributed by atoms with Gasteiger partial charge in [0.1, 0.15) is 5.41 Å². The van der Waals surface area contributed by atoms with Crippen molar-refractivity contribution in [2.24, 2.45) is 5.41 Å². The highest BCUT2D eigenvalue weighted by Crippen LogP contribution is 2.48. The van der Waals surface area contributed by atoms with Crippen LogP contribution in [-0.2, 0) is 9.59 Å². The topological polar surface area (TPSA) is 58.2 Å². The number of carbonyl (C=O) groups is 2. The number of hydrogen-bond acceptors (Lipinski definition) is 2. The van der Waals surface area contributed by atoms with Crippen LogP contribution in [0.5, 0.6) is 0 Å². The summed E-state index contributed by atoms with van der Waals surface area (Å²) in [6, 6.07) is 6.54. The number of rotatable bonds is 4. The zero-order chi connectivity index (χ0) is 19.1. The fourth-order valence-corrected chi connectivity index (χ4v) is 2.69. The van der Waals surface area contributed by atoms with Gasteiger partial charge in [-0.25, -0.2) is 13.2 Å². The van der Waals surface area contributed by atoms with Gasteiger partial charge in [0.25, 0.3) is 0 Å². The molecule has 2 N–H and O–H groups in total. The molecular formula is C18H14ClF3N2O2. The third kappa shape index (κ3) is 3.26. The van der Waals surface area contributed by atoms with Gasteiger partial charge in [-0.1, -0.05) is 17.7 Å². The molecule has 0 spiro atoms. The molecule has 136 valence electrons. The molecule has 1 aliphatic rings. The summed E-state index contributed by atoms with van der Waals surface area (Å²) in [4.78, 5) is 25.0. The Kier molecular flexibility index (Phi) is 4.66. The third-order valence-electron chi connectivity index (χ3n) is 4.35. The van der Waals surface area contributed by atoms with Gasteiger partial charge in [-0.05, 0) is 49.6 Å². The molecule has 4 nitrogen and oxygen atoms in total. The molecule has 1 fully saturated rings. The molecule has 0 heterocycles. The van der Waals surface area contributed by atoms with Crippen LogP contribution >= 0.6 is 11.6 Å². The first-order valence-electron chi connectivity index (χ1n) is 7.77. The van der Waals surface area contributed by atoms with Gasteiger partial charge in [-0.15, -0.1) is 0 Å². The van der Waals surface area contributed by atoms with Crippen molar-refractivity contribution in [3.63, 3.8) is 0 Å². The number of nitrogens with one attached hydrogen (secondary N) is 2. The van der Waals surface area contributed by atoms with E-state index in [-0.39, 0.29) is 12.8 Å². The number of benzene rings is 2. The van der Waals surface area contributed by atoms with Crippen LogP contribution in [-0.4, -0.2) is 11.8 Å². The summed E-state index contributed by atoms with van der Waals surface area (Å²) < 4.78 is 40.0. The Labute approximate surface area is 152 Å². The molecular weight excluding hydrogens is 369 g/mol. The summed E-state index contributed by atoms with van der Waals surface area (Å²) in [5.41, 5.74) is -0.690. The van der Waals surface area contributed by atoms with Crippen LogP contribution in [0.4, 0.5) is 24.5 Å². The SMILES string of the molecule is Cc1ccc(Cl)cc1NC(=O)C1(C(=O)Nc2ccc(F)c(F)c2F)CC1. The molecule has 2 aromatic carbocycles. The monoisotopic (exact) mass is 382 g/mol. The van der Waals surface area contributed by atoms with Gasteiger partial charge in [0.05, 0.1) is 5.69 Å². The second kappa shape index (κ2) is 6.64. The molecule has 3 rings (SSSR count). The maximum Gasteiger partial charge on any atom is 0.240 e. The Morgan fingerprint density at radius 2 is 1.58 bits per heavy atom. The van der Waals surface area contributed by atoms with Crippen LogP contribution in [0.25, 0.3) is 0 Å². The van der Waals surface area contributed by atoms with E-state index in [0.717, 1.165) is 11.6 Å². The van der Waals surface area contributed by atoms with Crippen LogP contribution in [0.1, 0.15) is 18.4 Å². The fraction of sp³-hybridized carbons (Fsp3) is 0.222. The van der Waals surface area contributed by atoms with Crippen molar-refractivity contribution in [2.75, 3.05) is 10.6 Å². The molecule has 26 heavy (non-hydrogen) atoms. The Balaban J connectivity index is 1.78. The predicted octanol–water partition coefficient (Wildman–Crippen LogP) is 4.42. The van der Waals surface area contributed by atoms with Crippen molar-refractivity contribution in [2.45, 2.75) is 19.8 Å². The van der Waals surface area contributed by atoms with E-state index in [2.05, 4.69) is 10.6 Å². The molecule has 0 saturated heterocycles. The summed E-state index contributed by atoms with van der Waals surface area (Å²) in [5.74, 6) is -5.91. The van der Waals surface area contributed by atoms with Crippen LogP contribution in [0.15, 0.2) is 30.3 Å². The lowest BCUT2D eigenvalue weighted by molar-refractivity contribution is -0.131. The van der Waals surface area contributed by atoms with Crippen LogP contribution < -0.4 is 10.6 Å². The van der Waals surface area contributed by atoms with E-state index in [9.17, 15) is 22.8 Å². The van der Waals surface area contributed by atoms with E-state index in [1.54, 1.807) is 25.1 Å². The Hall–Kier alpha value is -2.54. The van der Waals surface area contributed by atoms with Gasteiger partial charge in [0, 0.05) is 10.7 Å². The highest BCUT2D eigenvalue weighted by molar-refractivity contribution is 6.31. The molecule has 0 radical (unpaired) electrons. The van der Waals surface area contributed by atoms with Crippen molar-refractivity contribution >= 4 is 34.8 Å². The lowest BCUT2D eigenvalue weighted by Crippen LogP contribution is -2.36. The number of amides is 2. The van der Waals surface area contributed by atoms with Gasteiger partial charge < -0.3 is 10.6 Å². The Morgan fingerprint density at radius 1 is 0.962 bits per heavy atom. The largest absolute Gasteiger partial charge is 0.325 e. The lowest BCUT2D eigenvalue weighted by Gasteiger charge is -2.17. The minimum atomic E-state index is -1.69. The average molecular weight is 383 g/mol.